The van der Waals surface area contributed by atoms with Gasteiger partial charge in [0.05, 0.1) is 12.2 Å². The topological polar surface area (TPSA) is 69.9 Å². The number of ether oxygens (including phenoxy) is 1. The van der Waals surface area contributed by atoms with Crippen LogP contribution in [-0.2, 0) is 11.2 Å². The standard InChI is InChI=1S/C20H24O4/c1-24-20(13-7-16-4-10-18(22)11-5-16)14-19(23)12-6-15-2-8-17(21)9-3-15/h2-5,7-11,13,19-23H,6,12,14H2,1H3/t19-,20+/m0/s1. The van der Waals surface area contributed by atoms with E-state index in [-0.39, 0.29) is 17.6 Å². The lowest BCUT2D eigenvalue weighted by Gasteiger charge is -2.16. The molecule has 128 valence electrons. The number of rotatable bonds is 8. The van der Waals surface area contributed by atoms with Crippen molar-refractivity contribution >= 4 is 6.08 Å². The molecule has 0 bridgehead atoms. The maximum Gasteiger partial charge on any atom is 0.115 e. The van der Waals surface area contributed by atoms with Crippen LogP contribution in [0, 0.1) is 0 Å². The van der Waals surface area contributed by atoms with E-state index >= 15 is 0 Å². The minimum Gasteiger partial charge on any atom is -0.508 e. The van der Waals surface area contributed by atoms with Crippen LogP contribution < -0.4 is 0 Å². The SMILES string of the molecule is CO[C@H](C=Cc1ccc(O)cc1)C[C@@H](O)CCc1ccc(O)cc1. The average molecular weight is 328 g/mol. The lowest BCUT2D eigenvalue weighted by molar-refractivity contribution is 0.0685. The summed E-state index contributed by atoms with van der Waals surface area (Å²) in [5, 5.41) is 28.7. The highest BCUT2D eigenvalue weighted by atomic mass is 16.5. The van der Waals surface area contributed by atoms with Gasteiger partial charge in [-0.2, -0.15) is 0 Å². The molecule has 2 atom stereocenters. The third-order valence-electron chi connectivity index (χ3n) is 3.91. The molecule has 0 saturated carbocycles. The van der Waals surface area contributed by atoms with Crippen molar-refractivity contribution in [3.05, 3.63) is 65.7 Å². The summed E-state index contributed by atoms with van der Waals surface area (Å²) in [7, 11) is 1.62. The second kappa shape index (κ2) is 9.11. The van der Waals surface area contributed by atoms with Crippen LogP contribution in [0.4, 0.5) is 0 Å². The van der Waals surface area contributed by atoms with Crippen molar-refractivity contribution in [1.29, 1.82) is 0 Å². The van der Waals surface area contributed by atoms with Gasteiger partial charge in [0.25, 0.3) is 0 Å². The second-order valence-corrected chi connectivity index (χ2v) is 5.82. The van der Waals surface area contributed by atoms with E-state index < -0.39 is 6.10 Å². The molecule has 0 aliphatic carbocycles. The predicted molar refractivity (Wildman–Crippen MR) is 95.0 cm³/mol. The minimum absolute atomic E-state index is 0.173. The van der Waals surface area contributed by atoms with Gasteiger partial charge in [-0.3, -0.25) is 0 Å². The molecule has 4 nitrogen and oxygen atoms in total. The van der Waals surface area contributed by atoms with Crippen LogP contribution in [0.5, 0.6) is 11.5 Å². The van der Waals surface area contributed by atoms with Crippen LogP contribution in [0.15, 0.2) is 54.6 Å². The lowest BCUT2D eigenvalue weighted by atomic mass is 10.0. The normalized spacial score (nSPS) is 13.9. The number of aryl methyl sites for hydroxylation is 1. The van der Waals surface area contributed by atoms with Crippen molar-refractivity contribution < 1.29 is 20.1 Å². The van der Waals surface area contributed by atoms with Crippen molar-refractivity contribution in [3.63, 3.8) is 0 Å². The Morgan fingerprint density at radius 2 is 1.54 bits per heavy atom. The number of hydrogen-bond donors (Lipinski definition) is 3. The molecular weight excluding hydrogens is 304 g/mol. The van der Waals surface area contributed by atoms with E-state index in [2.05, 4.69) is 0 Å². The van der Waals surface area contributed by atoms with Crippen LogP contribution >= 0.6 is 0 Å². The molecule has 0 amide bonds. The molecule has 0 unspecified atom stereocenters. The maximum atomic E-state index is 10.2. The first-order chi connectivity index (χ1) is 11.6. The third kappa shape index (κ3) is 6.07. The molecule has 0 heterocycles. The first kappa shape index (κ1) is 18.0. The number of aliphatic hydroxyl groups excluding tert-OH is 1. The van der Waals surface area contributed by atoms with Crippen molar-refractivity contribution in [1.82, 2.24) is 0 Å². The minimum atomic E-state index is -0.465. The van der Waals surface area contributed by atoms with Crippen molar-refractivity contribution in [2.75, 3.05) is 7.11 Å². The summed E-state index contributed by atoms with van der Waals surface area (Å²) in [5.41, 5.74) is 2.05. The molecule has 0 saturated heterocycles. The molecule has 24 heavy (non-hydrogen) atoms. The van der Waals surface area contributed by atoms with Crippen molar-refractivity contribution in [3.8, 4) is 11.5 Å². The van der Waals surface area contributed by atoms with Crippen LogP contribution in [0.3, 0.4) is 0 Å². The lowest BCUT2D eigenvalue weighted by Crippen LogP contribution is -2.18. The van der Waals surface area contributed by atoms with Crippen LogP contribution in [0.1, 0.15) is 24.0 Å². The molecule has 4 heteroatoms. The van der Waals surface area contributed by atoms with Gasteiger partial charge in [0.15, 0.2) is 0 Å². The highest BCUT2D eigenvalue weighted by Crippen LogP contribution is 2.16. The number of phenolic OH excluding ortho intramolecular Hbond substituents is 2. The van der Waals surface area contributed by atoms with Gasteiger partial charge in [-0.15, -0.1) is 0 Å². The molecule has 2 aromatic carbocycles. The highest BCUT2D eigenvalue weighted by Gasteiger charge is 2.11. The molecule has 0 fully saturated rings. The Bertz CT molecular complexity index is 632. The first-order valence-corrected chi connectivity index (χ1v) is 8.03. The number of hydrogen-bond acceptors (Lipinski definition) is 4. The van der Waals surface area contributed by atoms with Gasteiger partial charge in [-0.1, -0.05) is 36.4 Å². The molecule has 0 aliphatic rings. The molecular formula is C20H24O4. The van der Waals surface area contributed by atoms with Crippen LogP contribution in [0.2, 0.25) is 0 Å². The average Bonchev–Trinajstić information content (AvgIpc) is 2.59. The van der Waals surface area contributed by atoms with Gasteiger partial charge in [-0.05, 0) is 48.2 Å². The Hall–Kier alpha value is -2.30. The fraction of sp³-hybridized carbons (Fsp3) is 0.300. The number of benzene rings is 2. The Labute approximate surface area is 142 Å². The fourth-order valence-corrected chi connectivity index (χ4v) is 2.44. The highest BCUT2D eigenvalue weighted by molar-refractivity contribution is 5.50. The third-order valence-corrected chi connectivity index (χ3v) is 3.91. The fourth-order valence-electron chi connectivity index (χ4n) is 2.44. The van der Waals surface area contributed by atoms with Gasteiger partial charge in [0.2, 0.25) is 0 Å². The van der Waals surface area contributed by atoms with Crippen LogP contribution in [0.25, 0.3) is 6.08 Å². The van der Waals surface area contributed by atoms with Gasteiger partial charge in [0, 0.05) is 13.5 Å². The van der Waals surface area contributed by atoms with Crippen molar-refractivity contribution in [2.45, 2.75) is 31.5 Å². The molecule has 0 aliphatic heterocycles. The van der Waals surface area contributed by atoms with Gasteiger partial charge >= 0.3 is 0 Å². The summed E-state index contributed by atoms with van der Waals surface area (Å²) in [6, 6.07) is 13.9. The van der Waals surface area contributed by atoms with Crippen LogP contribution in [-0.4, -0.2) is 34.6 Å². The number of aromatic hydroxyl groups is 2. The molecule has 0 aromatic heterocycles. The Morgan fingerprint density at radius 3 is 2.12 bits per heavy atom. The van der Waals surface area contributed by atoms with Gasteiger partial charge in [-0.25, -0.2) is 0 Å². The van der Waals surface area contributed by atoms with E-state index in [1.165, 1.54) is 0 Å². The van der Waals surface area contributed by atoms with E-state index in [0.717, 1.165) is 17.5 Å². The number of phenols is 2. The van der Waals surface area contributed by atoms with E-state index in [9.17, 15) is 15.3 Å². The summed E-state index contributed by atoms with van der Waals surface area (Å²) in [6.07, 6.45) is 5.10. The van der Waals surface area contributed by atoms with E-state index in [1.54, 1.807) is 31.4 Å². The zero-order valence-electron chi connectivity index (χ0n) is 13.8. The molecule has 2 rings (SSSR count). The Kier molecular flexibility index (Phi) is 6.85. The monoisotopic (exact) mass is 328 g/mol. The summed E-state index contributed by atoms with van der Waals surface area (Å²) in [6.45, 7) is 0. The Morgan fingerprint density at radius 1 is 0.958 bits per heavy atom. The number of aliphatic hydroxyl groups is 1. The molecule has 3 N–H and O–H groups in total. The smallest absolute Gasteiger partial charge is 0.115 e. The quantitative estimate of drug-likeness (QED) is 0.693. The zero-order valence-corrected chi connectivity index (χ0v) is 13.8. The summed E-state index contributed by atoms with van der Waals surface area (Å²) in [4.78, 5) is 0. The number of methoxy groups -OCH3 is 1. The second-order valence-electron chi connectivity index (χ2n) is 5.82. The molecule has 2 aromatic rings. The molecule has 0 radical (unpaired) electrons. The van der Waals surface area contributed by atoms with Crippen molar-refractivity contribution in [2.24, 2.45) is 0 Å². The summed E-state index contributed by atoms with van der Waals surface area (Å²) < 4.78 is 5.40. The van der Waals surface area contributed by atoms with E-state index in [4.69, 9.17) is 4.74 Å². The maximum absolute atomic E-state index is 10.2. The first-order valence-electron chi connectivity index (χ1n) is 8.03. The van der Waals surface area contributed by atoms with E-state index in [1.807, 2.05) is 36.4 Å². The van der Waals surface area contributed by atoms with Gasteiger partial charge < -0.3 is 20.1 Å². The zero-order chi connectivity index (χ0) is 17.4. The van der Waals surface area contributed by atoms with Gasteiger partial charge in [0.1, 0.15) is 11.5 Å². The Balaban J connectivity index is 1.82. The molecule has 0 spiro atoms. The summed E-state index contributed by atoms with van der Waals surface area (Å²) in [5.74, 6) is 0.484. The summed E-state index contributed by atoms with van der Waals surface area (Å²) >= 11 is 0. The predicted octanol–water partition coefficient (Wildman–Crippen LogP) is 3.51. The van der Waals surface area contributed by atoms with E-state index in [0.29, 0.717) is 12.8 Å². The largest absolute Gasteiger partial charge is 0.508 e.